The van der Waals surface area contributed by atoms with Gasteiger partial charge >= 0.3 is 0 Å². The number of hydrogen-bond donors (Lipinski definition) is 0. The third-order valence-corrected chi connectivity index (χ3v) is 6.43. The SMILES string of the molecule is O=C(c1ccccc1Cl)N1N=C2/C(=C/c3ccccc3)CCC[C@@H]2[C@H]1c1ccccc1. The second-order valence-corrected chi connectivity index (χ2v) is 8.46. The fourth-order valence-corrected chi connectivity index (χ4v) is 4.88. The number of benzene rings is 3. The van der Waals surface area contributed by atoms with Crippen molar-refractivity contribution in [3.63, 3.8) is 0 Å². The van der Waals surface area contributed by atoms with E-state index in [2.05, 4.69) is 30.3 Å². The summed E-state index contributed by atoms with van der Waals surface area (Å²) in [7, 11) is 0. The van der Waals surface area contributed by atoms with E-state index in [1.54, 1.807) is 17.1 Å². The predicted molar refractivity (Wildman–Crippen MR) is 126 cm³/mol. The van der Waals surface area contributed by atoms with Gasteiger partial charge < -0.3 is 0 Å². The summed E-state index contributed by atoms with van der Waals surface area (Å²) in [4.78, 5) is 13.6. The minimum Gasteiger partial charge on any atom is -0.267 e. The summed E-state index contributed by atoms with van der Waals surface area (Å²) in [5.74, 6) is 0.0259. The lowest BCUT2D eigenvalue weighted by Crippen LogP contribution is -2.32. The number of carbonyl (C=O) groups is 1. The second-order valence-electron chi connectivity index (χ2n) is 8.05. The molecule has 0 saturated heterocycles. The first-order valence-electron chi connectivity index (χ1n) is 10.7. The largest absolute Gasteiger partial charge is 0.276 e. The van der Waals surface area contributed by atoms with Gasteiger partial charge in [0.25, 0.3) is 5.91 Å². The van der Waals surface area contributed by atoms with Crippen molar-refractivity contribution in [3.8, 4) is 0 Å². The van der Waals surface area contributed by atoms with Crippen LogP contribution in [0.4, 0.5) is 0 Å². The van der Waals surface area contributed by atoms with E-state index < -0.39 is 0 Å². The Morgan fingerprint density at radius 3 is 2.35 bits per heavy atom. The fourth-order valence-electron chi connectivity index (χ4n) is 4.66. The van der Waals surface area contributed by atoms with Gasteiger partial charge in [-0.2, -0.15) is 5.10 Å². The van der Waals surface area contributed by atoms with Gasteiger partial charge in [0.05, 0.1) is 22.3 Å². The molecule has 0 radical (unpaired) electrons. The zero-order chi connectivity index (χ0) is 21.2. The molecule has 1 saturated carbocycles. The van der Waals surface area contributed by atoms with Gasteiger partial charge in [0, 0.05) is 5.92 Å². The lowest BCUT2D eigenvalue weighted by Gasteiger charge is -2.29. The Morgan fingerprint density at radius 2 is 1.61 bits per heavy atom. The van der Waals surface area contributed by atoms with Crippen LogP contribution in [0.25, 0.3) is 6.08 Å². The summed E-state index contributed by atoms with van der Waals surface area (Å²) >= 11 is 6.37. The molecule has 0 bridgehead atoms. The molecule has 0 aromatic heterocycles. The molecule has 31 heavy (non-hydrogen) atoms. The van der Waals surface area contributed by atoms with Crippen LogP contribution in [0.2, 0.25) is 5.02 Å². The molecule has 2 aliphatic rings. The van der Waals surface area contributed by atoms with Gasteiger partial charge in [-0.3, -0.25) is 4.79 Å². The average Bonchev–Trinajstić information content (AvgIpc) is 3.21. The minimum absolute atomic E-state index is 0.126. The molecule has 1 amide bonds. The number of hydrazone groups is 1. The van der Waals surface area contributed by atoms with E-state index >= 15 is 0 Å². The van der Waals surface area contributed by atoms with Crippen LogP contribution in [0.3, 0.4) is 0 Å². The van der Waals surface area contributed by atoms with Crippen LogP contribution in [-0.4, -0.2) is 16.6 Å². The molecule has 4 heteroatoms. The van der Waals surface area contributed by atoms with Crippen LogP contribution in [0.1, 0.15) is 46.8 Å². The van der Waals surface area contributed by atoms with E-state index in [-0.39, 0.29) is 17.9 Å². The first-order chi connectivity index (χ1) is 15.2. The number of carbonyl (C=O) groups excluding carboxylic acids is 1. The molecule has 3 aromatic carbocycles. The first-order valence-corrected chi connectivity index (χ1v) is 11.1. The van der Waals surface area contributed by atoms with Crippen molar-refractivity contribution in [1.29, 1.82) is 0 Å². The number of allylic oxidation sites excluding steroid dienone is 1. The predicted octanol–water partition coefficient (Wildman–Crippen LogP) is 6.78. The van der Waals surface area contributed by atoms with Crippen molar-refractivity contribution in [2.75, 3.05) is 0 Å². The summed E-state index contributed by atoms with van der Waals surface area (Å²) in [6.07, 6.45) is 5.28. The molecule has 154 valence electrons. The van der Waals surface area contributed by atoms with Crippen LogP contribution in [0, 0.1) is 5.92 Å². The molecule has 0 N–H and O–H groups in total. The Morgan fingerprint density at radius 1 is 0.935 bits per heavy atom. The molecule has 3 nitrogen and oxygen atoms in total. The highest BCUT2D eigenvalue weighted by atomic mass is 35.5. The molecule has 0 unspecified atom stereocenters. The highest BCUT2D eigenvalue weighted by Crippen LogP contribution is 2.45. The molecule has 1 heterocycles. The van der Waals surface area contributed by atoms with Gasteiger partial charge in [-0.05, 0) is 54.2 Å². The molecule has 2 atom stereocenters. The van der Waals surface area contributed by atoms with E-state index in [1.165, 1.54) is 5.57 Å². The summed E-state index contributed by atoms with van der Waals surface area (Å²) in [5, 5.41) is 7.06. The molecule has 1 fully saturated rings. The second kappa shape index (κ2) is 8.52. The number of nitrogens with zero attached hydrogens (tertiary/aromatic N) is 2. The van der Waals surface area contributed by atoms with E-state index in [9.17, 15) is 4.79 Å². The molecule has 1 aliphatic carbocycles. The topological polar surface area (TPSA) is 32.7 Å². The first kappa shape index (κ1) is 19.8. The average molecular weight is 427 g/mol. The maximum atomic E-state index is 13.6. The maximum absolute atomic E-state index is 13.6. The van der Waals surface area contributed by atoms with Crippen molar-refractivity contribution in [2.45, 2.75) is 25.3 Å². The highest BCUT2D eigenvalue weighted by Gasteiger charge is 2.44. The number of halogens is 1. The fraction of sp³-hybridized carbons (Fsp3) is 0.185. The third-order valence-electron chi connectivity index (χ3n) is 6.10. The molecule has 3 aromatic rings. The summed E-state index contributed by atoms with van der Waals surface area (Å²) in [6, 6.07) is 27.6. The molecular weight excluding hydrogens is 404 g/mol. The Kier molecular flexibility index (Phi) is 5.44. The van der Waals surface area contributed by atoms with Crippen molar-refractivity contribution >= 4 is 29.3 Å². The Hall–Kier alpha value is -3.17. The van der Waals surface area contributed by atoms with Gasteiger partial charge in [-0.1, -0.05) is 84.4 Å². The van der Waals surface area contributed by atoms with E-state index in [4.69, 9.17) is 16.7 Å². The summed E-state index contributed by atoms with van der Waals surface area (Å²) < 4.78 is 0. The van der Waals surface area contributed by atoms with Crippen LogP contribution in [0.15, 0.2) is 95.6 Å². The Labute approximate surface area is 187 Å². The standard InChI is InChI=1S/C27H23ClN2O/c28-24-17-8-7-15-22(24)27(31)30-26(20-12-5-2-6-13-20)23-16-9-14-21(25(23)29-30)18-19-10-3-1-4-11-19/h1-8,10-13,15,17-18,23,26H,9,14,16H2/b21-18+/t23-,26+/m0/s1. The van der Waals surface area contributed by atoms with Crippen molar-refractivity contribution in [2.24, 2.45) is 11.0 Å². The van der Waals surface area contributed by atoms with Crippen LogP contribution >= 0.6 is 11.6 Å². The molecular formula is C27H23ClN2O. The molecule has 5 rings (SSSR count). The summed E-state index contributed by atoms with van der Waals surface area (Å²) in [5.41, 5.74) is 5.00. The number of amides is 1. The quantitative estimate of drug-likeness (QED) is 0.454. The zero-order valence-corrected chi connectivity index (χ0v) is 17.9. The Balaban J connectivity index is 1.59. The smallest absolute Gasteiger partial charge is 0.267 e. The van der Waals surface area contributed by atoms with Crippen molar-refractivity contribution in [1.82, 2.24) is 5.01 Å². The van der Waals surface area contributed by atoms with Gasteiger partial charge in [0.15, 0.2) is 0 Å². The van der Waals surface area contributed by atoms with Gasteiger partial charge in [0.1, 0.15) is 0 Å². The lowest BCUT2D eigenvalue weighted by molar-refractivity contribution is 0.0681. The minimum atomic E-state index is -0.152. The van der Waals surface area contributed by atoms with Gasteiger partial charge in [-0.25, -0.2) is 5.01 Å². The Bertz CT molecular complexity index is 1150. The summed E-state index contributed by atoms with van der Waals surface area (Å²) in [6.45, 7) is 0. The highest BCUT2D eigenvalue weighted by molar-refractivity contribution is 6.33. The van der Waals surface area contributed by atoms with Crippen molar-refractivity contribution < 1.29 is 4.79 Å². The van der Waals surface area contributed by atoms with Gasteiger partial charge in [-0.15, -0.1) is 0 Å². The molecule has 1 aliphatic heterocycles. The molecule has 0 spiro atoms. The van der Waals surface area contributed by atoms with E-state index in [0.29, 0.717) is 10.6 Å². The van der Waals surface area contributed by atoms with E-state index in [1.807, 2.05) is 48.5 Å². The van der Waals surface area contributed by atoms with Crippen LogP contribution in [-0.2, 0) is 0 Å². The third kappa shape index (κ3) is 3.82. The van der Waals surface area contributed by atoms with Gasteiger partial charge in [0.2, 0.25) is 0 Å². The number of rotatable bonds is 3. The maximum Gasteiger partial charge on any atom is 0.276 e. The van der Waals surface area contributed by atoms with Crippen molar-refractivity contribution in [3.05, 3.63) is 112 Å². The lowest BCUT2D eigenvalue weighted by atomic mass is 9.77. The normalized spacial score (nSPS) is 21.6. The number of hydrogen-bond acceptors (Lipinski definition) is 2. The van der Waals surface area contributed by atoms with Crippen LogP contribution < -0.4 is 0 Å². The van der Waals surface area contributed by atoms with E-state index in [0.717, 1.165) is 36.1 Å². The zero-order valence-electron chi connectivity index (χ0n) is 17.1. The number of fused-ring (bicyclic) bond motifs is 1. The monoisotopic (exact) mass is 426 g/mol. The van der Waals surface area contributed by atoms with Crippen LogP contribution in [0.5, 0.6) is 0 Å².